The number of nitrogens with zero attached hydrogens (tertiary/aromatic N) is 3. The van der Waals surface area contributed by atoms with E-state index in [1.54, 1.807) is 25.1 Å². The van der Waals surface area contributed by atoms with Gasteiger partial charge in [0.1, 0.15) is 0 Å². The zero-order valence-corrected chi connectivity index (χ0v) is 20.0. The Bertz CT molecular complexity index is 1290. The summed E-state index contributed by atoms with van der Waals surface area (Å²) in [7, 11) is 0. The summed E-state index contributed by atoms with van der Waals surface area (Å²) < 4.78 is 21.8. The van der Waals surface area contributed by atoms with Crippen molar-refractivity contribution in [2.24, 2.45) is 0 Å². The van der Waals surface area contributed by atoms with Gasteiger partial charge in [0.25, 0.3) is 0 Å². The van der Waals surface area contributed by atoms with Gasteiger partial charge >= 0.3 is 0 Å². The van der Waals surface area contributed by atoms with Crippen LogP contribution in [0.2, 0.25) is 0 Å². The fraction of sp³-hybridized carbons (Fsp3) is 0.192. The van der Waals surface area contributed by atoms with Gasteiger partial charge in [-0.25, -0.2) is 4.39 Å². The fourth-order valence-electron chi connectivity index (χ4n) is 3.39. The van der Waals surface area contributed by atoms with Crippen molar-refractivity contribution in [2.75, 3.05) is 11.1 Å². The number of rotatable bonds is 8. The van der Waals surface area contributed by atoms with E-state index in [9.17, 15) is 9.18 Å². The van der Waals surface area contributed by atoms with Gasteiger partial charge in [0, 0.05) is 11.4 Å². The average molecular weight is 477 g/mol. The highest BCUT2D eigenvalue weighted by Gasteiger charge is 2.22. The number of benzene rings is 3. The minimum absolute atomic E-state index is 0.139. The Hall–Kier alpha value is -3.65. The van der Waals surface area contributed by atoms with E-state index >= 15 is 0 Å². The van der Waals surface area contributed by atoms with E-state index in [0.29, 0.717) is 11.0 Å². The minimum atomic E-state index is -0.580. The molecule has 174 valence electrons. The molecule has 0 aliphatic heterocycles. The van der Waals surface area contributed by atoms with Crippen molar-refractivity contribution in [3.63, 3.8) is 0 Å². The molecule has 1 heterocycles. The van der Waals surface area contributed by atoms with Gasteiger partial charge in [-0.15, -0.1) is 10.2 Å². The van der Waals surface area contributed by atoms with Gasteiger partial charge in [-0.05, 0) is 68.3 Å². The maximum Gasteiger partial charge on any atom is 0.234 e. The first-order valence-electron chi connectivity index (χ1n) is 10.8. The number of halogens is 1. The molecule has 0 aliphatic carbocycles. The van der Waals surface area contributed by atoms with Gasteiger partial charge in [0.15, 0.2) is 28.7 Å². The molecule has 0 fully saturated rings. The van der Waals surface area contributed by atoms with Gasteiger partial charge in [-0.1, -0.05) is 48.2 Å². The normalized spacial score (nSPS) is 11.8. The largest absolute Gasteiger partial charge is 0.480 e. The number of hydrogen-bond acceptors (Lipinski definition) is 5. The Kier molecular flexibility index (Phi) is 7.27. The van der Waals surface area contributed by atoms with Crippen LogP contribution in [0.1, 0.15) is 30.0 Å². The number of thioether (sulfide) groups is 1. The summed E-state index contributed by atoms with van der Waals surface area (Å²) in [5, 5.41) is 12.1. The summed E-state index contributed by atoms with van der Waals surface area (Å²) in [5.74, 6) is 0.206. The second kappa shape index (κ2) is 10.5. The molecule has 0 saturated carbocycles. The van der Waals surface area contributed by atoms with Crippen LogP contribution in [0.15, 0.2) is 78.0 Å². The van der Waals surface area contributed by atoms with Crippen LogP contribution in [0, 0.1) is 19.7 Å². The Labute approximate surface area is 202 Å². The number of hydrogen-bond donors (Lipinski definition) is 1. The molecule has 1 atom stereocenters. The molecule has 1 unspecified atom stereocenters. The molecular weight excluding hydrogens is 451 g/mol. The van der Waals surface area contributed by atoms with Crippen LogP contribution in [0.25, 0.3) is 5.69 Å². The number of aryl methyl sites for hydroxylation is 2. The summed E-state index contributed by atoms with van der Waals surface area (Å²) in [6.45, 7) is 5.83. The zero-order chi connectivity index (χ0) is 24.1. The number of ether oxygens (including phenoxy) is 1. The van der Waals surface area contributed by atoms with Gasteiger partial charge in [0.05, 0.1) is 5.75 Å². The molecule has 6 nitrogen and oxygen atoms in total. The highest BCUT2D eigenvalue weighted by molar-refractivity contribution is 7.99. The van der Waals surface area contributed by atoms with Crippen LogP contribution < -0.4 is 10.1 Å². The molecular formula is C26H25FN4O2S. The number of amides is 1. The molecule has 8 heteroatoms. The van der Waals surface area contributed by atoms with Crippen molar-refractivity contribution in [2.45, 2.75) is 32.0 Å². The number of carbonyl (C=O) groups excluding carboxylic acids is 1. The molecule has 4 aromatic rings. The van der Waals surface area contributed by atoms with Crippen molar-refractivity contribution in [1.29, 1.82) is 0 Å². The van der Waals surface area contributed by atoms with Crippen LogP contribution in [0.4, 0.5) is 10.1 Å². The Morgan fingerprint density at radius 2 is 1.76 bits per heavy atom. The SMILES string of the molecule is Cc1ccc(NC(=O)CSc2nnc(C(C)Oc3ccccc3F)n2-c2ccccc2)cc1C. The van der Waals surface area contributed by atoms with Gasteiger partial charge in [-0.2, -0.15) is 0 Å². The molecule has 0 aliphatic rings. The van der Waals surface area contributed by atoms with E-state index in [2.05, 4.69) is 15.5 Å². The van der Waals surface area contributed by atoms with Crippen LogP contribution in [-0.2, 0) is 4.79 Å². The van der Waals surface area contributed by atoms with E-state index in [-0.39, 0.29) is 17.4 Å². The van der Waals surface area contributed by atoms with Crippen LogP contribution in [0.5, 0.6) is 5.75 Å². The smallest absolute Gasteiger partial charge is 0.234 e. The summed E-state index contributed by atoms with van der Waals surface area (Å²) >= 11 is 1.27. The van der Waals surface area contributed by atoms with Crippen molar-refractivity contribution in [3.8, 4) is 11.4 Å². The highest BCUT2D eigenvalue weighted by Crippen LogP contribution is 2.29. The molecule has 0 saturated heterocycles. The maximum atomic E-state index is 14.1. The number of carbonyl (C=O) groups is 1. The first-order chi connectivity index (χ1) is 16.4. The lowest BCUT2D eigenvalue weighted by molar-refractivity contribution is -0.113. The van der Waals surface area contributed by atoms with E-state index in [0.717, 1.165) is 16.9 Å². The number of anilines is 1. The summed E-state index contributed by atoms with van der Waals surface area (Å²) in [4.78, 5) is 12.6. The second-order valence-corrected chi connectivity index (χ2v) is 8.78. The van der Waals surface area contributed by atoms with Crippen LogP contribution in [0.3, 0.4) is 0 Å². The summed E-state index contributed by atoms with van der Waals surface area (Å²) in [6, 6.07) is 21.6. The van der Waals surface area contributed by atoms with Crippen molar-refractivity contribution < 1.29 is 13.9 Å². The molecule has 4 rings (SSSR count). The second-order valence-electron chi connectivity index (χ2n) is 7.84. The number of nitrogens with one attached hydrogen (secondary N) is 1. The van der Waals surface area contributed by atoms with Crippen LogP contribution >= 0.6 is 11.8 Å². The quantitative estimate of drug-likeness (QED) is 0.321. The predicted octanol–water partition coefficient (Wildman–Crippen LogP) is 5.89. The number of aromatic nitrogens is 3. The molecule has 34 heavy (non-hydrogen) atoms. The number of para-hydroxylation sites is 2. The van der Waals surface area contributed by atoms with Gasteiger partial charge in [0.2, 0.25) is 5.91 Å². The third-order valence-electron chi connectivity index (χ3n) is 5.30. The van der Waals surface area contributed by atoms with E-state index in [1.807, 2.05) is 66.9 Å². The van der Waals surface area contributed by atoms with Gasteiger partial charge < -0.3 is 10.1 Å². The maximum absolute atomic E-state index is 14.1. The lowest BCUT2D eigenvalue weighted by Crippen LogP contribution is -2.15. The molecule has 0 bridgehead atoms. The molecule has 1 amide bonds. The fourth-order valence-corrected chi connectivity index (χ4v) is 4.15. The van der Waals surface area contributed by atoms with Crippen molar-refractivity contribution in [1.82, 2.24) is 14.8 Å². The van der Waals surface area contributed by atoms with Crippen LogP contribution in [-0.4, -0.2) is 26.4 Å². The van der Waals surface area contributed by atoms with Gasteiger partial charge in [-0.3, -0.25) is 9.36 Å². The molecule has 0 spiro atoms. The molecule has 1 aromatic heterocycles. The Balaban J connectivity index is 1.54. The lowest BCUT2D eigenvalue weighted by Gasteiger charge is -2.17. The first kappa shape index (κ1) is 23.5. The summed E-state index contributed by atoms with van der Waals surface area (Å²) in [5.41, 5.74) is 3.86. The monoisotopic (exact) mass is 476 g/mol. The third-order valence-corrected chi connectivity index (χ3v) is 6.23. The molecule has 3 aromatic carbocycles. The first-order valence-corrected chi connectivity index (χ1v) is 11.8. The Morgan fingerprint density at radius 3 is 2.50 bits per heavy atom. The summed E-state index contributed by atoms with van der Waals surface area (Å²) in [6.07, 6.45) is -0.580. The van der Waals surface area contributed by atoms with E-state index in [4.69, 9.17) is 4.74 Å². The molecule has 1 N–H and O–H groups in total. The van der Waals surface area contributed by atoms with Crippen molar-refractivity contribution >= 4 is 23.4 Å². The zero-order valence-electron chi connectivity index (χ0n) is 19.2. The third kappa shape index (κ3) is 5.46. The van der Waals surface area contributed by atoms with Crippen molar-refractivity contribution in [3.05, 3.63) is 95.6 Å². The lowest BCUT2D eigenvalue weighted by atomic mass is 10.1. The topological polar surface area (TPSA) is 69.0 Å². The molecule has 0 radical (unpaired) electrons. The minimum Gasteiger partial charge on any atom is -0.480 e. The van der Waals surface area contributed by atoms with E-state index in [1.165, 1.54) is 23.4 Å². The van der Waals surface area contributed by atoms with E-state index < -0.39 is 11.9 Å². The standard InChI is InChI=1S/C26H25FN4O2S/c1-17-13-14-20(15-18(17)2)28-24(32)16-34-26-30-29-25(31(26)21-9-5-4-6-10-21)19(3)33-23-12-8-7-11-22(23)27/h4-15,19H,16H2,1-3H3,(H,28,32). The Morgan fingerprint density at radius 1 is 1.03 bits per heavy atom. The highest BCUT2D eigenvalue weighted by atomic mass is 32.2. The predicted molar refractivity (Wildman–Crippen MR) is 132 cm³/mol. The average Bonchev–Trinajstić information content (AvgIpc) is 3.26.